The zero-order chi connectivity index (χ0) is 26.4. The van der Waals surface area contributed by atoms with E-state index < -0.39 is 53.8 Å². The molecule has 0 bridgehead atoms. The van der Waals surface area contributed by atoms with Crippen LogP contribution in [0.1, 0.15) is 52.9 Å². The number of nitrogens with one attached hydrogen (secondary N) is 3. The molecule has 0 aromatic rings. The molecule has 0 aliphatic rings. The van der Waals surface area contributed by atoms with E-state index >= 15 is 0 Å². The molecule has 12 N–H and O–H groups in total. The van der Waals surface area contributed by atoms with Crippen molar-refractivity contribution in [3.63, 3.8) is 0 Å². The lowest BCUT2D eigenvalue weighted by Gasteiger charge is -2.26. The first-order valence-electron chi connectivity index (χ1n) is 11.0. The van der Waals surface area contributed by atoms with E-state index in [-0.39, 0.29) is 37.7 Å². The number of nitrogens with two attached hydrogens (primary N) is 4. The smallest absolute Gasteiger partial charge is 0.326 e. The lowest BCUT2D eigenvalue weighted by Crippen LogP contribution is -2.58. The van der Waals surface area contributed by atoms with Gasteiger partial charge in [0, 0.05) is 13.0 Å². The Kier molecular flexibility index (Phi) is 13.9. The third-order valence-electron chi connectivity index (χ3n) is 5.14. The molecular weight excluding hydrogens is 448 g/mol. The highest BCUT2D eigenvalue weighted by atomic mass is 16.4. The second-order valence-electron chi connectivity index (χ2n) is 8.06. The highest BCUT2D eigenvalue weighted by Crippen LogP contribution is 2.09. The summed E-state index contributed by atoms with van der Waals surface area (Å²) in [6.07, 6.45) is 0.866. The first kappa shape index (κ1) is 30.6. The van der Waals surface area contributed by atoms with Gasteiger partial charge in [-0.3, -0.25) is 24.2 Å². The highest BCUT2D eigenvalue weighted by molar-refractivity contribution is 5.94. The summed E-state index contributed by atoms with van der Waals surface area (Å²) in [6, 6.07) is -4.32. The fraction of sp³-hybridized carbons (Fsp3) is 0.700. The number of aliphatic carboxylic acids is 1. The van der Waals surface area contributed by atoms with Crippen molar-refractivity contribution < 1.29 is 29.1 Å². The first-order valence-corrected chi connectivity index (χ1v) is 11.0. The molecule has 14 heteroatoms. The molecule has 0 aliphatic heterocycles. The molecule has 5 atom stereocenters. The summed E-state index contributed by atoms with van der Waals surface area (Å²) in [5.41, 5.74) is 21.3. The second-order valence-corrected chi connectivity index (χ2v) is 8.06. The van der Waals surface area contributed by atoms with Gasteiger partial charge in [0.2, 0.25) is 23.6 Å². The van der Waals surface area contributed by atoms with Gasteiger partial charge in [-0.05, 0) is 32.1 Å². The van der Waals surface area contributed by atoms with Crippen molar-refractivity contribution in [2.75, 3.05) is 6.54 Å². The quantitative estimate of drug-likeness (QED) is 0.0637. The molecule has 0 spiro atoms. The van der Waals surface area contributed by atoms with E-state index in [0.29, 0.717) is 12.8 Å². The number of carbonyl (C=O) groups is 5. The van der Waals surface area contributed by atoms with E-state index in [0.717, 1.165) is 0 Å². The van der Waals surface area contributed by atoms with E-state index in [4.69, 9.17) is 22.9 Å². The van der Waals surface area contributed by atoms with Gasteiger partial charge < -0.3 is 44.0 Å². The predicted molar refractivity (Wildman–Crippen MR) is 125 cm³/mol. The van der Waals surface area contributed by atoms with Crippen LogP contribution in [0.15, 0.2) is 4.99 Å². The summed E-state index contributed by atoms with van der Waals surface area (Å²) in [5, 5.41) is 16.7. The molecule has 0 aliphatic carbocycles. The van der Waals surface area contributed by atoms with Gasteiger partial charge in [0.25, 0.3) is 0 Å². The third kappa shape index (κ3) is 12.0. The summed E-state index contributed by atoms with van der Waals surface area (Å²) < 4.78 is 0. The zero-order valence-corrected chi connectivity index (χ0v) is 19.9. The fourth-order valence-electron chi connectivity index (χ4n) is 2.82. The zero-order valence-electron chi connectivity index (χ0n) is 19.9. The van der Waals surface area contributed by atoms with Crippen molar-refractivity contribution in [3.8, 4) is 0 Å². The molecule has 0 radical (unpaired) electrons. The minimum atomic E-state index is -1.24. The number of amides is 4. The monoisotopic (exact) mass is 486 g/mol. The lowest BCUT2D eigenvalue weighted by molar-refractivity contribution is -0.142. The van der Waals surface area contributed by atoms with Crippen LogP contribution in [0.5, 0.6) is 0 Å². The number of nitrogens with zero attached hydrogens (tertiary/aromatic N) is 1. The summed E-state index contributed by atoms with van der Waals surface area (Å²) in [6.45, 7) is 5.15. The second kappa shape index (κ2) is 15.4. The molecule has 0 aromatic heterocycles. The van der Waals surface area contributed by atoms with Crippen LogP contribution in [-0.2, 0) is 24.0 Å². The van der Waals surface area contributed by atoms with Gasteiger partial charge in [-0.25, -0.2) is 4.79 Å². The van der Waals surface area contributed by atoms with Crippen molar-refractivity contribution in [2.24, 2.45) is 33.8 Å². The molecule has 0 fully saturated rings. The minimum absolute atomic E-state index is 0.0224. The average molecular weight is 487 g/mol. The Hall–Kier alpha value is -3.42. The van der Waals surface area contributed by atoms with Gasteiger partial charge in [0.1, 0.15) is 18.1 Å². The van der Waals surface area contributed by atoms with Crippen molar-refractivity contribution in [1.82, 2.24) is 16.0 Å². The third-order valence-corrected chi connectivity index (χ3v) is 5.14. The fourth-order valence-corrected chi connectivity index (χ4v) is 2.82. The highest BCUT2D eigenvalue weighted by Gasteiger charge is 2.30. The standard InChI is InChI=1S/C20H38N8O6/c1-4-10(2)15(28-17(31)12(21)7-8-14(22)29)18(32)26-11(3)16(30)27-13(19(33)34)6-5-9-25-20(23)24/h10-13,15H,4-9,21H2,1-3H3,(H2,22,29)(H,26,32)(H,27,30)(H,28,31)(H,33,34)(H4,23,24,25). The SMILES string of the molecule is CCC(C)C(NC(=O)C(N)CCC(N)=O)C(=O)NC(C)C(=O)NC(CCCN=C(N)N)C(=O)O. The lowest BCUT2D eigenvalue weighted by atomic mass is 9.97. The molecule has 0 aromatic carbocycles. The number of carboxylic acid groups (broad SMARTS) is 1. The number of aliphatic imine (C=N–C) groups is 1. The molecule has 0 rings (SSSR count). The first-order chi connectivity index (χ1) is 15.8. The van der Waals surface area contributed by atoms with E-state index in [1.807, 2.05) is 6.92 Å². The number of carbonyl (C=O) groups excluding carboxylic acids is 4. The Morgan fingerprint density at radius 3 is 2.03 bits per heavy atom. The van der Waals surface area contributed by atoms with Gasteiger partial charge in [-0.1, -0.05) is 20.3 Å². The number of guanidine groups is 1. The molecule has 4 amide bonds. The number of primary amides is 1. The van der Waals surface area contributed by atoms with E-state index in [2.05, 4.69) is 20.9 Å². The van der Waals surface area contributed by atoms with Crippen LogP contribution in [0.3, 0.4) is 0 Å². The summed E-state index contributed by atoms with van der Waals surface area (Å²) in [5.74, 6) is -4.25. The van der Waals surface area contributed by atoms with Crippen LogP contribution in [-0.4, -0.2) is 71.4 Å². The van der Waals surface area contributed by atoms with Crippen LogP contribution in [0.4, 0.5) is 0 Å². The minimum Gasteiger partial charge on any atom is -0.480 e. The number of hydrogen-bond donors (Lipinski definition) is 8. The molecule has 194 valence electrons. The van der Waals surface area contributed by atoms with Crippen LogP contribution in [0.25, 0.3) is 0 Å². The largest absolute Gasteiger partial charge is 0.480 e. The Morgan fingerprint density at radius 2 is 1.53 bits per heavy atom. The summed E-state index contributed by atoms with van der Waals surface area (Å²) in [7, 11) is 0. The van der Waals surface area contributed by atoms with E-state index in [1.165, 1.54) is 6.92 Å². The van der Waals surface area contributed by atoms with Gasteiger partial charge in [0.15, 0.2) is 5.96 Å². The average Bonchev–Trinajstić information content (AvgIpc) is 2.76. The molecule has 0 saturated carbocycles. The van der Waals surface area contributed by atoms with Gasteiger partial charge >= 0.3 is 5.97 Å². The molecular formula is C20H38N8O6. The Bertz CT molecular complexity index is 755. The van der Waals surface area contributed by atoms with Crippen molar-refractivity contribution in [1.29, 1.82) is 0 Å². The maximum atomic E-state index is 12.8. The predicted octanol–water partition coefficient (Wildman–Crippen LogP) is -2.76. The molecule has 0 saturated heterocycles. The van der Waals surface area contributed by atoms with Gasteiger partial charge in [-0.15, -0.1) is 0 Å². The Balaban J connectivity index is 5.06. The van der Waals surface area contributed by atoms with Crippen LogP contribution in [0.2, 0.25) is 0 Å². The number of carboxylic acids is 1. The van der Waals surface area contributed by atoms with E-state index in [9.17, 15) is 29.1 Å². The van der Waals surface area contributed by atoms with Crippen LogP contribution in [0, 0.1) is 5.92 Å². The van der Waals surface area contributed by atoms with Crippen molar-refractivity contribution in [2.45, 2.75) is 77.0 Å². The van der Waals surface area contributed by atoms with Crippen molar-refractivity contribution >= 4 is 35.6 Å². The Morgan fingerprint density at radius 1 is 0.912 bits per heavy atom. The van der Waals surface area contributed by atoms with Crippen LogP contribution < -0.4 is 38.9 Å². The van der Waals surface area contributed by atoms with Gasteiger partial charge in [0.05, 0.1) is 6.04 Å². The molecule has 14 nitrogen and oxygen atoms in total. The summed E-state index contributed by atoms with van der Waals surface area (Å²) in [4.78, 5) is 63.7. The topological polar surface area (TPSA) is 258 Å². The number of rotatable bonds is 16. The van der Waals surface area contributed by atoms with Crippen molar-refractivity contribution in [3.05, 3.63) is 0 Å². The Labute approximate surface area is 198 Å². The van der Waals surface area contributed by atoms with E-state index in [1.54, 1.807) is 6.92 Å². The number of hydrogen-bond acceptors (Lipinski definition) is 7. The normalized spacial score (nSPS) is 15.1. The van der Waals surface area contributed by atoms with Crippen LogP contribution >= 0.6 is 0 Å². The summed E-state index contributed by atoms with van der Waals surface area (Å²) >= 11 is 0. The van der Waals surface area contributed by atoms with Gasteiger partial charge in [-0.2, -0.15) is 0 Å². The maximum absolute atomic E-state index is 12.8. The maximum Gasteiger partial charge on any atom is 0.326 e. The molecule has 0 heterocycles. The molecule has 34 heavy (non-hydrogen) atoms. The molecule has 5 unspecified atom stereocenters.